The Morgan fingerprint density at radius 1 is 0.237 bits per heavy atom. The van der Waals surface area contributed by atoms with E-state index in [0.717, 1.165) is 0 Å². The number of H-pyrrole nitrogens is 2. The molecule has 0 amide bonds. The normalized spacial score (nSPS) is 11.8. The van der Waals surface area contributed by atoms with E-state index in [0.29, 0.717) is 22.7 Å². The Kier molecular flexibility index (Phi) is 13.9. The van der Waals surface area contributed by atoms with Crippen LogP contribution in [0.25, 0.3) is 89.7 Å². The summed E-state index contributed by atoms with van der Waals surface area (Å²) in [5.74, 6) is -0.0435. The minimum absolute atomic E-state index is 0.00590. The number of aromatic nitrogens is 8. The van der Waals surface area contributed by atoms with Gasteiger partial charge in [0.2, 0.25) is 0 Å². The molecule has 6 N–H and O–H groups in total. The fourth-order valence-electron chi connectivity index (χ4n) is 9.45. The summed E-state index contributed by atoms with van der Waals surface area (Å²) in [4.78, 5) is 37.4. The molecule has 0 saturated carbocycles. The number of rotatable bonds is 8. The number of hydrogen-bond donors (Lipinski definition) is 6. The molecule has 11 aromatic rings. The van der Waals surface area contributed by atoms with Crippen LogP contribution in [0.15, 0.2) is 121 Å². The maximum absolute atomic E-state index is 7.50. The zero-order chi connectivity index (χ0) is 55.4. The number of nitrogens with one attached hydrogen (secondary N) is 6. The number of anilines is 8. The van der Waals surface area contributed by atoms with Gasteiger partial charge in [-0.25, -0.2) is 29.9 Å². The highest BCUT2D eigenvalue weighted by Crippen LogP contribution is 2.56. The lowest BCUT2D eigenvalue weighted by molar-refractivity contribution is 1.19. The van der Waals surface area contributed by atoms with E-state index in [1.807, 2.05) is 121 Å². The lowest BCUT2D eigenvalue weighted by atomic mass is 10.1. The molecule has 24 heteroatoms. The number of aromatic amines is 2. The van der Waals surface area contributed by atoms with Crippen LogP contribution in [0.5, 0.6) is 0 Å². The zero-order valence-corrected chi connectivity index (χ0v) is 48.8. The maximum atomic E-state index is 7.50. The van der Waals surface area contributed by atoms with Crippen LogP contribution in [0.2, 0.25) is 60.3 Å². The minimum Gasteiger partial charge on any atom is -0.353 e. The third-order valence-corrected chi connectivity index (χ3v) is 18.0. The fraction of sp³-hybridized carbons (Fsp3) is 0. The van der Waals surface area contributed by atoms with Crippen molar-refractivity contribution >= 4 is 229 Å². The van der Waals surface area contributed by atoms with Crippen molar-refractivity contribution in [3.8, 4) is 45.6 Å². The molecule has 0 radical (unpaired) electrons. The number of hydrogen-bond acceptors (Lipinski definition) is 10. The Balaban J connectivity index is 1.21. The van der Waals surface area contributed by atoms with Crippen LogP contribution in [-0.4, -0.2) is 39.9 Å². The van der Waals surface area contributed by atoms with Crippen molar-refractivity contribution < 1.29 is 0 Å². The molecule has 3 aromatic heterocycles. The van der Waals surface area contributed by atoms with Gasteiger partial charge in [0.05, 0.1) is 127 Å². The number of fused-ring (bicyclic) bond motifs is 20. The number of halogens is 12. The van der Waals surface area contributed by atoms with Crippen LogP contribution in [0, 0.1) is 0 Å². The molecule has 0 atom stereocenters. The molecule has 80 heavy (non-hydrogen) atoms. The summed E-state index contributed by atoms with van der Waals surface area (Å²) in [6.07, 6.45) is 0. The quantitative estimate of drug-likeness (QED) is 0.0810. The Morgan fingerprint density at radius 2 is 0.463 bits per heavy atom. The first-order chi connectivity index (χ1) is 38.7. The Hall–Kier alpha value is -6.20. The van der Waals surface area contributed by atoms with E-state index in [-0.39, 0.29) is 173 Å². The summed E-state index contributed by atoms with van der Waals surface area (Å²) in [7, 11) is 0. The van der Waals surface area contributed by atoms with Crippen LogP contribution in [0.4, 0.5) is 45.5 Å². The average molecular weight is 1290 g/mol. The first kappa shape index (κ1) is 53.1. The number of para-hydroxylation sites is 4. The maximum Gasteiger partial charge on any atom is 0.166 e. The summed E-state index contributed by atoms with van der Waals surface area (Å²) < 4.78 is 0. The van der Waals surface area contributed by atoms with Gasteiger partial charge in [-0.15, -0.1) is 0 Å². The number of benzene rings is 8. The molecule has 12 nitrogen and oxygen atoms in total. The van der Waals surface area contributed by atoms with Crippen LogP contribution in [0.1, 0.15) is 0 Å². The highest BCUT2D eigenvalue weighted by molar-refractivity contribution is 6.55. The molecule has 0 fully saturated rings. The molecule has 0 spiro atoms. The summed E-state index contributed by atoms with van der Waals surface area (Å²) in [5.41, 5.74) is 4.78. The molecular weight excluding hydrogens is 1270 g/mol. The summed E-state index contributed by atoms with van der Waals surface area (Å²) in [6.45, 7) is 0. The third kappa shape index (κ3) is 8.84. The molecule has 8 bridgehead atoms. The van der Waals surface area contributed by atoms with Gasteiger partial charge in [0.25, 0.3) is 0 Å². The highest BCUT2D eigenvalue weighted by Gasteiger charge is 2.35. The fourth-order valence-corrected chi connectivity index (χ4v) is 13.0. The third-order valence-electron chi connectivity index (χ3n) is 13.1. The van der Waals surface area contributed by atoms with Crippen LogP contribution >= 0.6 is 139 Å². The SMILES string of the molecule is Clc1c(Cl)c2c(c(Cl)c1Nc1ccccc1)-c1nc-2nc2[nH]c(nc3nc(nc4[nH]c(n1)c1c(Cl)c(Cl)c(Nc5ccccc5)c(Cl)c41)-c1c(Cl)c(Cl)c(Nc4ccccc4)c(Cl)c1-3)c1c(Cl)c(Cl)c(Nc3ccccc3)c(Cl)c21. The van der Waals surface area contributed by atoms with Crippen molar-refractivity contribution in [1.82, 2.24) is 39.9 Å². The van der Waals surface area contributed by atoms with E-state index < -0.39 is 0 Å². The van der Waals surface area contributed by atoms with Gasteiger partial charge in [-0.05, 0) is 48.5 Å². The summed E-state index contributed by atoms with van der Waals surface area (Å²) in [6, 6.07) is 37.0. The molecule has 5 heterocycles. The van der Waals surface area contributed by atoms with Crippen LogP contribution in [0.3, 0.4) is 0 Å². The molecule has 0 aliphatic carbocycles. The van der Waals surface area contributed by atoms with Gasteiger partial charge in [-0.1, -0.05) is 212 Å². The van der Waals surface area contributed by atoms with Gasteiger partial charge in [0.15, 0.2) is 23.3 Å². The molecule has 8 aromatic carbocycles. The second-order valence-electron chi connectivity index (χ2n) is 17.8. The van der Waals surface area contributed by atoms with Gasteiger partial charge >= 0.3 is 0 Å². The Bertz CT molecular complexity index is 4330. The van der Waals surface area contributed by atoms with Gasteiger partial charge in [0, 0.05) is 22.7 Å². The monoisotopic (exact) mass is 1290 g/mol. The summed E-state index contributed by atoms with van der Waals surface area (Å²) in [5, 5.41) is 14.9. The predicted molar refractivity (Wildman–Crippen MR) is 335 cm³/mol. The van der Waals surface area contributed by atoms with Crippen molar-refractivity contribution in [3.63, 3.8) is 0 Å². The van der Waals surface area contributed by atoms with Crippen molar-refractivity contribution in [2.75, 3.05) is 21.3 Å². The predicted octanol–water partition coefficient (Wildman–Crippen LogP) is 21.7. The molecule has 0 unspecified atom stereocenters. The first-order valence-electron chi connectivity index (χ1n) is 23.6. The average Bonchev–Trinajstić information content (AvgIpc) is 4.28. The molecule has 2 aliphatic rings. The molecular formula is C56H26Cl12N12. The van der Waals surface area contributed by atoms with Crippen molar-refractivity contribution in [3.05, 3.63) is 182 Å². The van der Waals surface area contributed by atoms with Gasteiger partial charge in [-0.3, -0.25) is 0 Å². The Labute approximate surface area is 512 Å². The first-order valence-corrected chi connectivity index (χ1v) is 28.1. The van der Waals surface area contributed by atoms with Crippen molar-refractivity contribution in [2.24, 2.45) is 0 Å². The van der Waals surface area contributed by atoms with E-state index in [2.05, 4.69) is 31.2 Å². The molecule has 13 rings (SSSR count). The van der Waals surface area contributed by atoms with Crippen LogP contribution in [-0.2, 0) is 0 Å². The van der Waals surface area contributed by atoms with Crippen molar-refractivity contribution in [2.45, 2.75) is 0 Å². The molecule has 0 saturated heterocycles. The topological polar surface area (TPSA) is 157 Å². The van der Waals surface area contributed by atoms with Gasteiger partial charge in [-0.2, -0.15) is 0 Å². The van der Waals surface area contributed by atoms with Gasteiger partial charge in [0.1, 0.15) is 22.6 Å². The lowest BCUT2D eigenvalue weighted by Gasteiger charge is -2.16. The van der Waals surface area contributed by atoms with E-state index in [1.165, 1.54) is 0 Å². The molecule has 2 aliphatic heterocycles. The summed E-state index contributed by atoms with van der Waals surface area (Å²) >= 11 is 88.3. The lowest BCUT2D eigenvalue weighted by Crippen LogP contribution is -1.96. The number of nitrogens with zero attached hydrogens (tertiary/aromatic N) is 6. The highest BCUT2D eigenvalue weighted by atomic mass is 35.5. The van der Waals surface area contributed by atoms with E-state index in [4.69, 9.17) is 169 Å². The Morgan fingerprint density at radius 3 is 0.738 bits per heavy atom. The van der Waals surface area contributed by atoms with E-state index in [1.54, 1.807) is 0 Å². The second-order valence-corrected chi connectivity index (χ2v) is 22.4. The smallest absolute Gasteiger partial charge is 0.166 e. The van der Waals surface area contributed by atoms with Crippen molar-refractivity contribution in [1.29, 1.82) is 0 Å². The minimum atomic E-state index is -0.0159. The standard InChI is InChI=1S/C56H26Cl12N12/c57-33-25-29(37(61)45(41(33)65)69-21-13-5-1-6-14-21)53-73-49(25)78-54-31-27(35(59)43(67)47(39(31)63)71-23-17-9-3-10-18-23)51(75-54)80-56-32-28(36(60)44(68)48(40(32)64)72-24-19-11-4-12-20-24)52(76-56)79-55-30-26(50(74-55)77-53)34(58)42(66)46(38(30)62)70-22-15-7-2-8-16-22/h1-20,69-72H,(H2,73,74,75,76,77,78,79,80). The van der Waals surface area contributed by atoms with Gasteiger partial charge < -0.3 is 31.2 Å². The zero-order valence-electron chi connectivity index (χ0n) is 39.8. The largest absolute Gasteiger partial charge is 0.353 e. The van der Waals surface area contributed by atoms with E-state index >= 15 is 0 Å². The molecule has 394 valence electrons. The van der Waals surface area contributed by atoms with E-state index in [9.17, 15) is 0 Å². The van der Waals surface area contributed by atoms with Crippen LogP contribution < -0.4 is 21.3 Å². The second kappa shape index (κ2) is 21.0.